The summed E-state index contributed by atoms with van der Waals surface area (Å²) in [6, 6.07) is 5.26. The van der Waals surface area contributed by atoms with Crippen molar-refractivity contribution in [3.8, 4) is 0 Å². The maximum absolute atomic E-state index is 10.5. The largest absolute Gasteiger partial charge is 0.429 e. The fourth-order valence-corrected chi connectivity index (χ4v) is 1.28. The van der Waals surface area contributed by atoms with Crippen LogP contribution in [0, 0.1) is 4.84 Å². The first-order chi connectivity index (χ1) is 5.81. The average molecular weight is 179 g/mol. The van der Waals surface area contributed by atoms with E-state index in [9.17, 15) is 4.79 Å². The van der Waals surface area contributed by atoms with Crippen molar-refractivity contribution in [1.82, 2.24) is 4.98 Å². The molecule has 0 bridgehead atoms. The summed E-state index contributed by atoms with van der Waals surface area (Å²) in [6.45, 7) is 0. The number of rotatable bonds is 1. The fraction of sp³-hybridized carbons (Fsp3) is 0. The van der Waals surface area contributed by atoms with Crippen LogP contribution in [0.25, 0.3) is 11.1 Å². The van der Waals surface area contributed by atoms with E-state index in [0.29, 0.717) is 16.0 Å². The summed E-state index contributed by atoms with van der Waals surface area (Å²) >= 11 is 4.78. The maximum atomic E-state index is 10.5. The van der Waals surface area contributed by atoms with Gasteiger partial charge in [0.25, 0.3) is 4.84 Å². The monoisotopic (exact) mass is 179 g/mol. The number of fused-ring (bicyclic) bond motifs is 1. The molecule has 0 radical (unpaired) electrons. The Balaban J connectivity index is 2.96. The lowest BCUT2D eigenvalue weighted by molar-refractivity contribution is 0.112. The van der Waals surface area contributed by atoms with Gasteiger partial charge in [0.15, 0.2) is 11.9 Å². The van der Waals surface area contributed by atoms with Crippen LogP contribution in [0.4, 0.5) is 0 Å². The summed E-state index contributed by atoms with van der Waals surface area (Å²) < 4.78 is 5.12. The van der Waals surface area contributed by atoms with E-state index < -0.39 is 0 Å². The fourth-order valence-electron chi connectivity index (χ4n) is 1.09. The van der Waals surface area contributed by atoms with E-state index in [-0.39, 0.29) is 0 Å². The molecule has 12 heavy (non-hydrogen) atoms. The highest BCUT2D eigenvalue weighted by atomic mass is 32.1. The number of hydrogen-bond donors (Lipinski definition) is 1. The molecule has 0 aliphatic carbocycles. The Morgan fingerprint density at radius 2 is 2.33 bits per heavy atom. The topological polar surface area (TPSA) is 46.0 Å². The Bertz CT molecular complexity index is 483. The molecule has 0 amide bonds. The van der Waals surface area contributed by atoms with Crippen molar-refractivity contribution in [2.24, 2.45) is 0 Å². The Kier molecular flexibility index (Phi) is 1.55. The molecule has 0 unspecified atom stereocenters. The van der Waals surface area contributed by atoms with Crippen LogP contribution in [-0.4, -0.2) is 11.3 Å². The molecule has 2 rings (SSSR count). The molecule has 1 N–H and O–H groups in total. The molecule has 0 saturated heterocycles. The van der Waals surface area contributed by atoms with E-state index >= 15 is 0 Å². The number of nitrogens with one attached hydrogen (secondary N) is 1. The molecule has 0 spiro atoms. The number of carbonyl (C=O) groups excluding carboxylic acids is 1. The Morgan fingerprint density at radius 3 is 3.08 bits per heavy atom. The van der Waals surface area contributed by atoms with Gasteiger partial charge in [-0.05, 0) is 24.4 Å². The Labute approximate surface area is 73.0 Å². The predicted octanol–water partition coefficient (Wildman–Crippen LogP) is 2.30. The van der Waals surface area contributed by atoms with Crippen molar-refractivity contribution >= 4 is 29.6 Å². The number of H-pyrrole nitrogens is 1. The zero-order valence-corrected chi connectivity index (χ0v) is 6.85. The molecule has 0 saturated carbocycles. The summed E-state index contributed by atoms with van der Waals surface area (Å²) in [5, 5.41) is 0. The number of aromatic nitrogens is 1. The Morgan fingerprint density at radius 1 is 1.50 bits per heavy atom. The van der Waals surface area contributed by atoms with Gasteiger partial charge in [0.1, 0.15) is 0 Å². The summed E-state index contributed by atoms with van der Waals surface area (Å²) in [4.78, 5) is 13.6. The highest BCUT2D eigenvalue weighted by Gasteiger charge is 2.02. The second-order valence-electron chi connectivity index (χ2n) is 2.36. The molecule has 60 valence electrons. The molecule has 4 heteroatoms. The molecule has 0 atom stereocenters. The van der Waals surface area contributed by atoms with Crippen molar-refractivity contribution in [2.45, 2.75) is 0 Å². The van der Waals surface area contributed by atoms with Crippen LogP contribution in [-0.2, 0) is 0 Å². The van der Waals surface area contributed by atoms with Crippen molar-refractivity contribution in [2.75, 3.05) is 0 Å². The number of oxazole rings is 1. The van der Waals surface area contributed by atoms with E-state index in [4.69, 9.17) is 16.6 Å². The standard InChI is InChI=1S/C8H5NO2S/c10-4-5-2-1-3-6-7(5)11-8(12)9-6/h1-4H,(H,9,12). The van der Waals surface area contributed by atoms with Crippen molar-refractivity contribution in [3.63, 3.8) is 0 Å². The van der Waals surface area contributed by atoms with E-state index in [1.165, 1.54) is 0 Å². The van der Waals surface area contributed by atoms with E-state index in [2.05, 4.69) is 4.98 Å². The molecule has 1 aromatic heterocycles. The lowest BCUT2D eigenvalue weighted by Gasteiger charge is -1.88. The number of carbonyl (C=O) groups is 1. The van der Waals surface area contributed by atoms with Gasteiger partial charge in [0.2, 0.25) is 0 Å². The van der Waals surface area contributed by atoms with Crippen LogP contribution < -0.4 is 0 Å². The zero-order chi connectivity index (χ0) is 8.55. The van der Waals surface area contributed by atoms with Gasteiger partial charge in [-0.15, -0.1) is 0 Å². The van der Waals surface area contributed by atoms with E-state index in [1.54, 1.807) is 12.1 Å². The van der Waals surface area contributed by atoms with Gasteiger partial charge in [0.05, 0.1) is 11.1 Å². The first kappa shape index (κ1) is 7.24. The van der Waals surface area contributed by atoms with Crippen LogP contribution in [0.15, 0.2) is 22.6 Å². The van der Waals surface area contributed by atoms with Gasteiger partial charge in [0, 0.05) is 0 Å². The van der Waals surface area contributed by atoms with Crippen LogP contribution in [0.3, 0.4) is 0 Å². The van der Waals surface area contributed by atoms with Gasteiger partial charge >= 0.3 is 0 Å². The Hall–Kier alpha value is -1.42. The smallest absolute Gasteiger partial charge is 0.266 e. The zero-order valence-electron chi connectivity index (χ0n) is 6.03. The molecular weight excluding hydrogens is 174 g/mol. The van der Waals surface area contributed by atoms with Gasteiger partial charge < -0.3 is 9.40 Å². The molecule has 3 nitrogen and oxygen atoms in total. The van der Waals surface area contributed by atoms with E-state index in [0.717, 1.165) is 11.8 Å². The van der Waals surface area contributed by atoms with Crippen LogP contribution in [0.5, 0.6) is 0 Å². The number of para-hydroxylation sites is 1. The lowest BCUT2D eigenvalue weighted by Crippen LogP contribution is -1.78. The molecule has 1 heterocycles. The molecular formula is C8H5NO2S. The van der Waals surface area contributed by atoms with Crippen molar-refractivity contribution in [3.05, 3.63) is 28.6 Å². The highest BCUT2D eigenvalue weighted by Crippen LogP contribution is 2.16. The molecule has 2 aromatic rings. The lowest BCUT2D eigenvalue weighted by atomic mass is 10.2. The summed E-state index contributed by atoms with van der Waals surface area (Å²) in [5.41, 5.74) is 1.79. The van der Waals surface area contributed by atoms with Gasteiger partial charge in [-0.2, -0.15) is 0 Å². The maximum Gasteiger partial charge on any atom is 0.266 e. The number of hydrogen-bond acceptors (Lipinski definition) is 3. The van der Waals surface area contributed by atoms with Crippen LogP contribution >= 0.6 is 12.2 Å². The van der Waals surface area contributed by atoms with Gasteiger partial charge in [-0.3, -0.25) is 4.79 Å². The molecule has 0 aliphatic rings. The minimum Gasteiger partial charge on any atom is -0.429 e. The number of aromatic amines is 1. The van der Waals surface area contributed by atoms with Crippen molar-refractivity contribution < 1.29 is 9.21 Å². The highest BCUT2D eigenvalue weighted by molar-refractivity contribution is 7.71. The second kappa shape index (κ2) is 2.57. The minimum atomic E-state index is 0.291. The molecule has 0 aliphatic heterocycles. The van der Waals surface area contributed by atoms with Crippen LogP contribution in [0.2, 0.25) is 0 Å². The summed E-state index contributed by atoms with van der Waals surface area (Å²) in [7, 11) is 0. The van der Waals surface area contributed by atoms with Crippen molar-refractivity contribution in [1.29, 1.82) is 0 Å². The first-order valence-electron chi connectivity index (χ1n) is 3.38. The predicted molar refractivity (Wildman–Crippen MR) is 46.8 cm³/mol. The van der Waals surface area contributed by atoms with Gasteiger partial charge in [-0.1, -0.05) is 6.07 Å². The second-order valence-corrected chi connectivity index (χ2v) is 2.73. The summed E-state index contributed by atoms with van der Waals surface area (Å²) in [5.74, 6) is 0. The van der Waals surface area contributed by atoms with Gasteiger partial charge in [-0.25, -0.2) is 0 Å². The van der Waals surface area contributed by atoms with Crippen LogP contribution in [0.1, 0.15) is 10.4 Å². The SMILES string of the molecule is O=Cc1cccc2[nH]c(=S)oc12. The van der Waals surface area contributed by atoms with E-state index in [1.807, 2.05) is 6.07 Å². The molecule has 1 aromatic carbocycles. The third-order valence-electron chi connectivity index (χ3n) is 1.60. The number of benzene rings is 1. The summed E-state index contributed by atoms with van der Waals surface area (Å²) in [6.07, 6.45) is 0.744. The first-order valence-corrected chi connectivity index (χ1v) is 3.79. The third-order valence-corrected chi connectivity index (χ3v) is 1.79. The quantitative estimate of drug-likeness (QED) is 0.539. The minimum absolute atomic E-state index is 0.291. The normalized spacial score (nSPS) is 10.3. The average Bonchev–Trinajstić information content (AvgIpc) is 2.44. The third kappa shape index (κ3) is 0.967. The molecule has 0 fully saturated rings. The number of aldehydes is 1.